The second kappa shape index (κ2) is 7.12. The van der Waals surface area contributed by atoms with Crippen molar-refractivity contribution in [2.45, 2.75) is 26.3 Å². The lowest BCUT2D eigenvalue weighted by molar-refractivity contribution is -0.140. The van der Waals surface area contributed by atoms with E-state index in [0.717, 1.165) is 11.6 Å². The van der Waals surface area contributed by atoms with E-state index in [9.17, 15) is 24.6 Å². The molecule has 0 saturated carbocycles. The van der Waals surface area contributed by atoms with Crippen molar-refractivity contribution in [3.8, 4) is 0 Å². The summed E-state index contributed by atoms with van der Waals surface area (Å²) in [5.41, 5.74) is 0.691. The van der Waals surface area contributed by atoms with Crippen LogP contribution >= 0.6 is 0 Å². The van der Waals surface area contributed by atoms with Crippen LogP contribution in [0.5, 0.6) is 0 Å². The lowest BCUT2D eigenvalue weighted by atomic mass is 9.92. The molecule has 0 spiro atoms. The molecule has 1 aliphatic carbocycles. The molecule has 0 saturated heterocycles. The number of hydrogen-bond donors (Lipinski definition) is 3. The summed E-state index contributed by atoms with van der Waals surface area (Å²) >= 11 is 0. The van der Waals surface area contributed by atoms with Crippen LogP contribution < -0.4 is 5.32 Å². The Kier molecular flexibility index (Phi) is 5.18. The van der Waals surface area contributed by atoms with Crippen LogP contribution in [0, 0.1) is 5.92 Å². The fourth-order valence-electron chi connectivity index (χ4n) is 2.44. The monoisotopic (exact) mass is 329 g/mol. The summed E-state index contributed by atoms with van der Waals surface area (Å²) in [6.07, 6.45) is 1.04. The molecule has 3 N–H and O–H groups in total. The third-order valence-electron chi connectivity index (χ3n) is 3.78. The molecule has 0 fully saturated rings. The summed E-state index contributed by atoms with van der Waals surface area (Å²) in [7, 11) is 0. The molecule has 0 aliphatic heterocycles. The van der Waals surface area contributed by atoms with Gasteiger partial charge in [0.1, 0.15) is 11.8 Å². The van der Waals surface area contributed by atoms with Gasteiger partial charge in [-0.05, 0) is 11.5 Å². The zero-order valence-electron chi connectivity index (χ0n) is 13.4. The van der Waals surface area contributed by atoms with Crippen molar-refractivity contribution < 1.29 is 24.6 Å². The molecule has 1 aromatic carbocycles. The fraction of sp³-hybridized carbons (Fsp3) is 0.278. The summed E-state index contributed by atoms with van der Waals surface area (Å²) in [6.45, 7) is 3.40. The highest BCUT2D eigenvalue weighted by molar-refractivity contribution is 6.48. The molecule has 2 rings (SSSR count). The standard InChI is InChI=1S/C18H19NO5/c1-10(2)15(18(23)24)19-13-9-14(20)17(22)12(16(13)21)8-11-6-4-3-5-7-11/h3-7,9-10,15,19,21H,8H2,1-2H3,(H,23,24)/t15-/m1/s1. The van der Waals surface area contributed by atoms with Gasteiger partial charge < -0.3 is 15.5 Å². The van der Waals surface area contributed by atoms with Crippen LogP contribution in [0.3, 0.4) is 0 Å². The molecule has 0 unspecified atom stereocenters. The number of carbonyl (C=O) groups excluding carboxylic acids is 2. The van der Waals surface area contributed by atoms with Crippen molar-refractivity contribution in [2.75, 3.05) is 0 Å². The quantitative estimate of drug-likeness (QED) is 0.543. The number of carboxylic acid groups (broad SMARTS) is 1. The number of carbonyl (C=O) groups is 3. The number of rotatable bonds is 6. The predicted molar refractivity (Wildman–Crippen MR) is 87.3 cm³/mol. The van der Waals surface area contributed by atoms with Gasteiger partial charge in [-0.2, -0.15) is 0 Å². The van der Waals surface area contributed by atoms with Gasteiger partial charge in [0.05, 0.1) is 11.3 Å². The number of aliphatic carboxylic acids is 1. The third kappa shape index (κ3) is 3.71. The molecular weight excluding hydrogens is 310 g/mol. The first-order chi connectivity index (χ1) is 11.3. The van der Waals surface area contributed by atoms with Crippen molar-refractivity contribution in [1.29, 1.82) is 0 Å². The van der Waals surface area contributed by atoms with E-state index in [2.05, 4.69) is 5.32 Å². The maximum absolute atomic E-state index is 12.1. The van der Waals surface area contributed by atoms with Gasteiger partial charge in [0.15, 0.2) is 0 Å². The second-order valence-electron chi connectivity index (χ2n) is 5.95. The lowest BCUT2D eigenvalue weighted by Crippen LogP contribution is -2.42. The predicted octanol–water partition coefficient (Wildman–Crippen LogP) is 1.78. The normalized spacial score (nSPS) is 16.2. The number of carboxylic acids is 1. The molecule has 1 aromatic rings. The van der Waals surface area contributed by atoms with Gasteiger partial charge in [0, 0.05) is 12.5 Å². The molecule has 0 bridgehead atoms. The van der Waals surface area contributed by atoms with Crippen molar-refractivity contribution in [3.05, 3.63) is 59.0 Å². The highest BCUT2D eigenvalue weighted by atomic mass is 16.4. The first-order valence-electron chi connectivity index (χ1n) is 7.57. The topological polar surface area (TPSA) is 104 Å². The maximum Gasteiger partial charge on any atom is 0.326 e. The van der Waals surface area contributed by atoms with E-state index in [1.54, 1.807) is 38.1 Å². The molecule has 0 radical (unpaired) electrons. The van der Waals surface area contributed by atoms with Crippen molar-refractivity contribution in [1.82, 2.24) is 5.32 Å². The average Bonchev–Trinajstić information content (AvgIpc) is 2.54. The van der Waals surface area contributed by atoms with Crippen LogP contribution in [0.25, 0.3) is 0 Å². The molecule has 6 nitrogen and oxygen atoms in total. The van der Waals surface area contributed by atoms with Crippen LogP contribution in [0.1, 0.15) is 19.4 Å². The number of ketones is 2. The second-order valence-corrected chi connectivity index (χ2v) is 5.95. The number of aliphatic hydroxyl groups excluding tert-OH is 1. The minimum absolute atomic E-state index is 0.0355. The number of Topliss-reactive ketones (excluding diaryl/α,β-unsaturated/α-hetero) is 1. The number of allylic oxidation sites excluding steroid dienone is 2. The minimum atomic E-state index is -1.10. The van der Waals surface area contributed by atoms with Gasteiger partial charge in [-0.3, -0.25) is 9.59 Å². The summed E-state index contributed by atoms with van der Waals surface area (Å²) in [5, 5.41) is 22.3. The average molecular weight is 329 g/mol. The molecule has 6 heteroatoms. The lowest BCUT2D eigenvalue weighted by Gasteiger charge is -2.23. The Balaban J connectivity index is 2.35. The Bertz CT molecular complexity index is 731. The SMILES string of the molecule is CC(C)[C@@H](NC1=CC(=O)C(=O)C(Cc2ccccc2)=C1O)C(=O)O. The molecule has 1 atom stereocenters. The van der Waals surface area contributed by atoms with E-state index in [-0.39, 0.29) is 29.4 Å². The summed E-state index contributed by atoms with van der Waals surface area (Å²) in [6, 6.07) is 7.96. The van der Waals surface area contributed by atoms with Gasteiger partial charge in [-0.25, -0.2) is 4.79 Å². The number of hydrogen-bond acceptors (Lipinski definition) is 5. The third-order valence-corrected chi connectivity index (χ3v) is 3.78. The fourth-order valence-corrected chi connectivity index (χ4v) is 2.44. The van der Waals surface area contributed by atoms with E-state index >= 15 is 0 Å². The Labute approximate surface area is 139 Å². The van der Waals surface area contributed by atoms with Crippen LogP contribution in [-0.4, -0.2) is 33.8 Å². The number of benzene rings is 1. The number of aliphatic hydroxyl groups is 1. The van der Waals surface area contributed by atoms with E-state index in [0.29, 0.717) is 0 Å². The van der Waals surface area contributed by atoms with Crippen molar-refractivity contribution >= 4 is 17.5 Å². The van der Waals surface area contributed by atoms with Crippen molar-refractivity contribution in [3.63, 3.8) is 0 Å². The minimum Gasteiger partial charge on any atom is -0.505 e. The Morgan fingerprint density at radius 1 is 1.17 bits per heavy atom. The molecule has 1 aliphatic rings. The Hall–Kier alpha value is -2.89. The molecule has 126 valence electrons. The molecule has 0 amide bonds. The van der Waals surface area contributed by atoms with Crippen LogP contribution in [0.2, 0.25) is 0 Å². The Morgan fingerprint density at radius 3 is 2.33 bits per heavy atom. The number of nitrogens with one attached hydrogen (secondary N) is 1. The van der Waals surface area contributed by atoms with Crippen LogP contribution in [0.4, 0.5) is 0 Å². The molecule has 0 aromatic heterocycles. The highest BCUT2D eigenvalue weighted by Gasteiger charge is 2.31. The first kappa shape index (κ1) is 17.5. The van der Waals surface area contributed by atoms with Gasteiger partial charge in [0.25, 0.3) is 0 Å². The highest BCUT2D eigenvalue weighted by Crippen LogP contribution is 2.22. The zero-order valence-corrected chi connectivity index (χ0v) is 13.4. The first-order valence-corrected chi connectivity index (χ1v) is 7.57. The van der Waals surface area contributed by atoms with E-state index in [1.807, 2.05) is 6.07 Å². The van der Waals surface area contributed by atoms with Crippen LogP contribution in [-0.2, 0) is 20.8 Å². The van der Waals surface area contributed by atoms with E-state index in [1.165, 1.54) is 0 Å². The Morgan fingerprint density at radius 2 is 1.79 bits per heavy atom. The van der Waals surface area contributed by atoms with E-state index < -0.39 is 23.6 Å². The summed E-state index contributed by atoms with van der Waals surface area (Å²) in [4.78, 5) is 35.3. The zero-order chi connectivity index (χ0) is 17.9. The largest absolute Gasteiger partial charge is 0.505 e. The molecular formula is C18H19NO5. The van der Waals surface area contributed by atoms with Gasteiger partial charge in [-0.1, -0.05) is 44.2 Å². The molecule has 0 heterocycles. The van der Waals surface area contributed by atoms with Crippen molar-refractivity contribution in [2.24, 2.45) is 5.92 Å². The molecule has 24 heavy (non-hydrogen) atoms. The van der Waals surface area contributed by atoms with Gasteiger partial charge >= 0.3 is 5.97 Å². The maximum atomic E-state index is 12.1. The summed E-state index contributed by atoms with van der Waals surface area (Å²) < 4.78 is 0. The smallest absolute Gasteiger partial charge is 0.326 e. The van der Waals surface area contributed by atoms with E-state index in [4.69, 9.17) is 0 Å². The van der Waals surface area contributed by atoms with Gasteiger partial charge in [-0.15, -0.1) is 0 Å². The van der Waals surface area contributed by atoms with Crippen LogP contribution in [0.15, 0.2) is 53.4 Å². The summed E-state index contributed by atoms with van der Waals surface area (Å²) in [5.74, 6) is -3.32. The van der Waals surface area contributed by atoms with Gasteiger partial charge in [0.2, 0.25) is 11.6 Å².